The molecule has 1 amide bonds. The standard InChI is InChI=1S/C21H21FN4O2/c1-13-9-15(22)3-6-18(13)25-19-7-8-26(21(19)27)16-4-5-17(20(10-16)28-2)14-11-23-24-12-14/h3-6,9-12,19,25H,7-8H2,1-2H3,(H,23,24). The number of halogens is 1. The summed E-state index contributed by atoms with van der Waals surface area (Å²) in [4.78, 5) is 14.7. The summed E-state index contributed by atoms with van der Waals surface area (Å²) in [7, 11) is 1.61. The third-order valence-corrected chi connectivity index (χ3v) is 5.03. The average molecular weight is 380 g/mol. The Labute approximate surface area is 162 Å². The molecule has 2 heterocycles. The van der Waals surface area contributed by atoms with Gasteiger partial charge in [0.2, 0.25) is 5.91 Å². The Morgan fingerprint density at radius 3 is 2.86 bits per heavy atom. The molecule has 0 bridgehead atoms. The summed E-state index contributed by atoms with van der Waals surface area (Å²) in [5, 5.41) is 10.0. The smallest absolute Gasteiger partial charge is 0.249 e. The van der Waals surface area contributed by atoms with E-state index in [2.05, 4.69) is 15.5 Å². The number of nitrogens with zero attached hydrogens (tertiary/aromatic N) is 2. The van der Waals surface area contributed by atoms with Gasteiger partial charge in [0.1, 0.15) is 17.6 Å². The summed E-state index contributed by atoms with van der Waals surface area (Å²) in [5.74, 6) is 0.381. The molecule has 1 aliphatic rings. The quantitative estimate of drug-likeness (QED) is 0.707. The van der Waals surface area contributed by atoms with Crippen LogP contribution < -0.4 is 15.0 Å². The maximum absolute atomic E-state index is 13.3. The SMILES string of the molecule is COc1cc(N2CCC(Nc3ccc(F)cc3C)C2=O)ccc1-c1cn[nH]c1. The Kier molecular flexibility index (Phi) is 4.73. The Morgan fingerprint density at radius 1 is 1.29 bits per heavy atom. The predicted octanol–water partition coefficient (Wildman–Crippen LogP) is 3.75. The van der Waals surface area contributed by atoms with E-state index in [0.717, 1.165) is 28.1 Å². The Morgan fingerprint density at radius 2 is 2.14 bits per heavy atom. The van der Waals surface area contributed by atoms with Crippen LogP contribution in [0.15, 0.2) is 48.8 Å². The fourth-order valence-electron chi connectivity index (χ4n) is 3.53. The molecular weight excluding hydrogens is 359 g/mol. The van der Waals surface area contributed by atoms with Crippen LogP contribution in [0.5, 0.6) is 5.75 Å². The second-order valence-electron chi connectivity index (χ2n) is 6.81. The van der Waals surface area contributed by atoms with Crippen molar-refractivity contribution in [3.8, 4) is 16.9 Å². The van der Waals surface area contributed by atoms with Crippen LogP contribution in [0.4, 0.5) is 15.8 Å². The van der Waals surface area contributed by atoms with Gasteiger partial charge in [0, 0.05) is 41.3 Å². The Balaban J connectivity index is 1.55. The molecule has 144 valence electrons. The topological polar surface area (TPSA) is 70.2 Å². The fraction of sp³-hybridized carbons (Fsp3) is 0.238. The van der Waals surface area contributed by atoms with Crippen molar-refractivity contribution in [1.82, 2.24) is 10.2 Å². The number of carbonyl (C=O) groups excluding carboxylic acids is 1. The van der Waals surface area contributed by atoms with Crippen molar-refractivity contribution in [3.63, 3.8) is 0 Å². The highest BCUT2D eigenvalue weighted by atomic mass is 19.1. The second kappa shape index (κ2) is 7.34. The zero-order valence-corrected chi connectivity index (χ0v) is 15.7. The molecule has 1 fully saturated rings. The van der Waals surface area contributed by atoms with Crippen LogP contribution in [-0.4, -0.2) is 35.8 Å². The van der Waals surface area contributed by atoms with E-state index in [0.29, 0.717) is 18.7 Å². The molecule has 3 aromatic rings. The van der Waals surface area contributed by atoms with Crippen molar-refractivity contribution in [2.75, 3.05) is 23.9 Å². The first kappa shape index (κ1) is 18.0. The molecule has 4 rings (SSSR count). The fourth-order valence-corrected chi connectivity index (χ4v) is 3.53. The van der Waals surface area contributed by atoms with Gasteiger partial charge in [-0.15, -0.1) is 0 Å². The lowest BCUT2D eigenvalue weighted by molar-refractivity contribution is -0.117. The maximum Gasteiger partial charge on any atom is 0.249 e. The molecule has 1 atom stereocenters. The van der Waals surface area contributed by atoms with Crippen molar-refractivity contribution in [3.05, 3.63) is 60.2 Å². The van der Waals surface area contributed by atoms with E-state index in [1.807, 2.05) is 25.1 Å². The van der Waals surface area contributed by atoms with E-state index in [1.165, 1.54) is 12.1 Å². The highest BCUT2D eigenvalue weighted by Gasteiger charge is 2.33. The number of amides is 1. The summed E-state index contributed by atoms with van der Waals surface area (Å²) in [6.07, 6.45) is 4.19. The molecule has 0 spiro atoms. The number of nitrogens with one attached hydrogen (secondary N) is 2. The number of carbonyl (C=O) groups is 1. The zero-order valence-electron chi connectivity index (χ0n) is 15.7. The van der Waals surface area contributed by atoms with Gasteiger partial charge in [-0.25, -0.2) is 4.39 Å². The summed E-state index contributed by atoms with van der Waals surface area (Å²) >= 11 is 0. The number of ether oxygens (including phenoxy) is 1. The van der Waals surface area contributed by atoms with E-state index in [4.69, 9.17) is 4.74 Å². The number of rotatable bonds is 5. The molecule has 28 heavy (non-hydrogen) atoms. The monoisotopic (exact) mass is 380 g/mol. The summed E-state index contributed by atoms with van der Waals surface area (Å²) < 4.78 is 18.8. The van der Waals surface area contributed by atoms with Gasteiger partial charge < -0.3 is 15.0 Å². The molecule has 1 aromatic heterocycles. The first-order valence-electron chi connectivity index (χ1n) is 9.08. The average Bonchev–Trinajstić information content (AvgIpc) is 3.34. The zero-order chi connectivity index (χ0) is 19.7. The number of aryl methyl sites for hydroxylation is 1. The number of hydrogen-bond acceptors (Lipinski definition) is 4. The highest BCUT2D eigenvalue weighted by molar-refractivity contribution is 6.01. The first-order chi connectivity index (χ1) is 13.6. The van der Waals surface area contributed by atoms with Crippen molar-refractivity contribution in [1.29, 1.82) is 0 Å². The van der Waals surface area contributed by atoms with Crippen LogP contribution in [0.1, 0.15) is 12.0 Å². The van der Waals surface area contributed by atoms with E-state index >= 15 is 0 Å². The van der Waals surface area contributed by atoms with Gasteiger partial charge in [0.05, 0.1) is 13.3 Å². The van der Waals surface area contributed by atoms with Gasteiger partial charge in [-0.2, -0.15) is 5.10 Å². The van der Waals surface area contributed by atoms with E-state index < -0.39 is 0 Å². The highest BCUT2D eigenvalue weighted by Crippen LogP contribution is 2.34. The molecule has 0 aliphatic carbocycles. The number of methoxy groups -OCH3 is 1. The van der Waals surface area contributed by atoms with Crippen molar-refractivity contribution in [2.24, 2.45) is 0 Å². The summed E-state index contributed by atoms with van der Waals surface area (Å²) in [6.45, 7) is 2.42. The molecular formula is C21H21FN4O2. The van der Waals surface area contributed by atoms with Crippen molar-refractivity contribution in [2.45, 2.75) is 19.4 Å². The minimum atomic E-state index is -0.344. The molecule has 1 unspecified atom stereocenters. The number of aromatic amines is 1. The molecule has 0 radical (unpaired) electrons. The number of aromatic nitrogens is 2. The lowest BCUT2D eigenvalue weighted by Crippen LogP contribution is -2.33. The molecule has 1 saturated heterocycles. The number of H-pyrrole nitrogens is 1. The van der Waals surface area contributed by atoms with E-state index in [1.54, 1.807) is 30.5 Å². The van der Waals surface area contributed by atoms with Gasteiger partial charge >= 0.3 is 0 Å². The molecule has 0 saturated carbocycles. The second-order valence-corrected chi connectivity index (χ2v) is 6.81. The third-order valence-electron chi connectivity index (χ3n) is 5.03. The minimum Gasteiger partial charge on any atom is -0.496 e. The van der Waals surface area contributed by atoms with Crippen LogP contribution >= 0.6 is 0 Å². The summed E-state index contributed by atoms with van der Waals surface area (Å²) in [6, 6.07) is 9.88. The Hall–Kier alpha value is -3.35. The molecule has 2 N–H and O–H groups in total. The number of benzene rings is 2. The van der Waals surface area contributed by atoms with Gasteiger partial charge in [-0.1, -0.05) is 0 Å². The Bertz CT molecular complexity index is 1000. The van der Waals surface area contributed by atoms with Crippen LogP contribution in [0.25, 0.3) is 11.1 Å². The van der Waals surface area contributed by atoms with E-state index in [9.17, 15) is 9.18 Å². The minimum absolute atomic E-state index is 0.0122. The molecule has 2 aromatic carbocycles. The molecule has 1 aliphatic heterocycles. The largest absolute Gasteiger partial charge is 0.496 e. The van der Waals surface area contributed by atoms with Crippen LogP contribution in [0.3, 0.4) is 0 Å². The molecule has 6 nitrogen and oxygen atoms in total. The third kappa shape index (κ3) is 3.31. The number of anilines is 2. The van der Waals surface area contributed by atoms with Gasteiger partial charge in [-0.3, -0.25) is 9.89 Å². The lowest BCUT2D eigenvalue weighted by atomic mass is 10.1. The van der Waals surface area contributed by atoms with Crippen molar-refractivity contribution < 1.29 is 13.9 Å². The number of hydrogen-bond donors (Lipinski definition) is 2. The predicted molar refractivity (Wildman–Crippen MR) is 106 cm³/mol. The first-order valence-corrected chi connectivity index (χ1v) is 9.08. The van der Waals surface area contributed by atoms with Gasteiger partial charge in [0.15, 0.2) is 0 Å². The maximum atomic E-state index is 13.3. The normalized spacial score (nSPS) is 16.5. The van der Waals surface area contributed by atoms with Crippen LogP contribution in [0.2, 0.25) is 0 Å². The van der Waals surface area contributed by atoms with E-state index in [-0.39, 0.29) is 17.8 Å². The van der Waals surface area contributed by atoms with Crippen molar-refractivity contribution >= 4 is 17.3 Å². The molecule has 7 heteroatoms. The van der Waals surface area contributed by atoms with Crippen LogP contribution in [-0.2, 0) is 4.79 Å². The van der Waals surface area contributed by atoms with Gasteiger partial charge in [-0.05, 0) is 49.2 Å². The van der Waals surface area contributed by atoms with Crippen LogP contribution in [0, 0.1) is 12.7 Å². The lowest BCUT2D eigenvalue weighted by Gasteiger charge is -2.20. The van der Waals surface area contributed by atoms with Gasteiger partial charge in [0.25, 0.3) is 0 Å². The summed E-state index contributed by atoms with van der Waals surface area (Å²) in [5.41, 5.74) is 4.16.